The van der Waals surface area contributed by atoms with Crippen molar-refractivity contribution in [3.05, 3.63) is 76.5 Å². The number of hydrogen-bond acceptors (Lipinski definition) is 3. The van der Waals surface area contributed by atoms with Gasteiger partial charge in [0, 0.05) is 4.47 Å². The van der Waals surface area contributed by atoms with Gasteiger partial charge in [-0.15, -0.1) is 0 Å². The Morgan fingerprint density at radius 1 is 1.18 bits per heavy atom. The second-order valence-electron chi connectivity index (χ2n) is 4.75. The van der Waals surface area contributed by atoms with Gasteiger partial charge in [-0.2, -0.15) is 0 Å². The van der Waals surface area contributed by atoms with E-state index in [4.69, 9.17) is 9.47 Å². The van der Waals surface area contributed by atoms with E-state index >= 15 is 0 Å². The van der Waals surface area contributed by atoms with E-state index in [0.717, 1.165) is 15.8 Å². The van der Waals surface area contributed by atoms with Crippen molar-refractivity contribution >= 4 is 27.8 Å². The number of benzene rings is 2. The quantitative estimate of drug-likeness (QED) is 0.591. The summed E-state index contributed by atoms with van der Waals surface area (Å²) in [4.78, 5) is 12.3. The van der Waals surface area contributed by atoms with Gasteiger partial charge in [0.25, 0.3) is 0 Å². The minimum atomic E-state index is -0.108. The molecule has 0 atom stereocenters. The maximum absolute atomic E-state index is 12.3. The Hall–Kier alpha value is -2.33. The fourth-order valence-corrected chi connectivity index (χ4v) is 2.49. The normalized spacial score (nSPS) is 14.6. The first-order chi connectivity index (χ1) is 10.7. The Morgan fingerprint density at radius 2 is 1.95 bits per heavy atom. The van der Waals surface area contributed by atoms with Crippen molar-refractivity contribution in [3.8, 4) is 11.5 Å². The molecule has 1 aliphatic heterocycles. The van der Waals surface area contributed by atoms with Crippen molar-refractivity contribution in [2.45, 2.75) is 0 Å². The van der Waals surface area contributed by atoms with E-state index in [2.05, 4.69) is 22.5 Å². The van der Waals surface area contributed by atoms with Crippen LogP contribution in [-0.2, 0) is 0 Å². The molecule has 2 aromatic rings. The summed E-state index contributed by atoms with van der Waals surface area (Å²) in [6.07, 6.45) is 3.42. The van der Waals surface area contributed by atoms with Gasteiger partial charge in [-0.1, -0.05) is 40.7 Å². The second kappa shape index (κ2) is 6.20. The maximum Gasteiger partial charge on any atom is 0.232 e. The molecule has 0 bridgehead atoms. The van der Waals surface area contributed by atoms with Crippen LogP contribution in [0.25, 0.3) is 6.08 Å². The van der Waals surface area contributed by atoms with Crippen molar-refractivity contribution in [3.63, 3.8) is 0 Å². The number of allylic oxidation sites excluding steroid dienone is 1. The van der Waals surface area contributed by atoms with E-state index in [-0.39, 0.29) is 5.78 Å². The number of rotatable bonds is 4. The molecule has 0 N–H and O–H groups in total. The highest BCUT2D eigenvalue weighted by Gasteiger charge is 2.27. The Kier molecular flexibility index (Phi) is 4.11. The van der Waals surface area contributed by atoms with E-state index < -0.39 is 0 Å². The van der Waals surface area contributed by atoms with Crippen LogP contribution in [0.1, 0.15) is 15.9 Å². The molecule has 0 fully saturated rings. The molecule has 0 aromatic heterocycles. The molecule has 3 nitrogen and oxygen atoms in total. The number of fused-ring (bicyclic) bond motifs is 1. The van der Waals surface area contributed by atoms with Gasteiger partial charge >= 0.3 is 0 Å². The predicted molar refractivity (Wildman–Crippen MR) is 89.2 cm³/mol. The van der Waals surface area contributed by atoms with Gasteiger partial charge in [-0.05, 0) is 42.0 Å². The summed E-state index contributed by atoms with van der Waals surface area (Å²) in [5.74, 6) is 1.56. The standard InChI is InChI=1S/C18H13BrO3/c1-2-9-21-14-6-3-12(4-7-14)10-17-18(20)15-11-13(19)5-8-16(15)22-17/h2-8,10-11H,1,9H2/b17-10-. The topological polar surface area (TPSA) is 35.5 Å². The first-order valence-electron chi connectivity index (χ1n) is 6.75. The average molecular weight is 357 g/mol. The number of ketones is 1. The van der Waals surface area contributed by atoms with Gasteiger partial charge in [0.1, 0.15) is 18.1 Å². The van der Waals surface area contributed by atoms with Gasteiger partial charge < -0.3 is 9.47 Å². The van der Waals surface area contributed by atoms with Crippen LogP contribution in [0.3, 0.4) is 0 Å². The number of carbonyl (C=O) groups excluding carboxylic acids is 1. The number of ether oxygens (including phenoxy) is 2. The third-order valence-corrected chi connectivity index (χ3v) is 3.67. The summed E-state index contributed by atoms with van der Waals surface area (Å²) in [6, 6.07) is 12.8. The lowest BCUT2D eigenvalue weighted by Crippen LogP contribution is -1.98. The molecule has 1 heterocycles. The minimum Gasteiger partial charge on any atom is -0.490 e. The van der Waals surface area contributed by atoms with Gasteiger partial charge in [-0.3, -0.25) is 4.79 Å². The third-order valence-electron chi connectivity index (χ3n) is 3.18. The molecule has 2 aromatic carbocycles. The molecule has 110 valence electrons. The highest BCUT2D eigenvalue weighted by Crippen LogP contribution is 2.33. The van der Waals surface area contributed by atoms with Crippen LogP contribution in [0.2, 0.25) is 0 Å². The van der Waals surface area contributed by atoms with Crippen LogP contribution in [-0.4, -0.2) is 12.4 Å². The summed E-state index contributed by atoms with van der Waals surface area (Å²) in [5, 5.41) is 0. The SMILES string of the molecule is C=CCOc1ccc(/C=C2\Oc3ccc(Br)cc3C2=O)cc1. The van der Waals surface area contributed by atoms with Gasteiger partial charge in [0.15, 0.2) is 5.76 Å². The number of Topliss-reactive ketones (excluding diaryl/α,β-unsaturated/α-hetero) is 1. The molecule has 22 heavy (non-hydrogen) atoms. The molecule has 0 unspecified atom stereocenters. The van der Waals surface area contributed by atoms with Gasteiger partial charge in [0.2, 0.25) is 5.78 Å². The molecule has 0 spiro atoms. The second-order valence-corrected chi connectivity index (χ2v) is 5.66. The Bertz CT molecular complexity index is 760. The van der Waals surface area contributed by atoms with Crippen molar-refractivity contribution in [1.29, 1.82) is 0 Å². The summed E-state index contributed by atoms with van der Waals surface area (Å²) >= 11 is 3.36. The molecule has 0 amide bonds. The molecule has 0 radical (unpaired) electrons. The van der Waals surface area contributed by atoms with Crippen LogP contribution < -0.4 is 9.47 Å². The van der Waals surface area contributed by atoms with Crippen LogP contribution in [0.15, 0.2) is 65.4 Å². The summed E-state index contributed by atoms with van der Waals surface area (Å²) in [6.45, 7) is 4.07. The van der Waals surface area contributed by atoms with Crippen LogP contribution in [0, 0.1) is 0 Å². The lowest BCUT2D eigenvalue weighted by Gasteiger charge is -2.03. The zero-order valence-electron chi connectivity index (χ0n) is 11.7. The highest BCUT2D eigenvalue weighted by molar-refractivity contribution is 9.10. The molecular formula is C18H13BrO3. The number of hydrogen-bond donors (Lipinski definition) is 0. The predicted octanol–water partition coefficient (Wildman–Crippen LogP) is 4.63. The molecule has 3 rings (SSSR count). The zero-order chi connectivity index (χ0) is 15.5. The number of carbonyl (C=O) groups is 1. The first-order valence-corrected chi connectivity index (χ1v) is 7.54. The lowest BCUT2D eigenvalue weighted by atomic mass is 10.1. The first kappa shape index (κ1) is 14.6. The minimum absolute atomic E-state index is 0.108. The smallest absolute Gasteiger partial charge is 0.232 e. The molecular weight excluding hydrogens is 344 g/mol. The zero-order valence-corrected chi connectivity index (χ0v) is 13.3. The molecule has 0 saturated heterocycles. The third kappa shape index (κ3) is 2.97. The maximum atomic E-state index is 12.3. The summed E-state index contributed by atoms with van der Waals surface area (Å²) in [7, 11) is 0. The fourth-order valence-electron chi connectivity index (χ4n) is 2.13. The van der Waals surface area contributed by atoms with Crippen LogP contribution >= 0.6 is 15.9 Å². The van der Waals surface area contributed by atoms with E-state index in [1.54, 1.807) is 24.3 Å². The van der Waals surface area contributed by atoms with Crippen LogP contribution in [0.4, 0.5) is 0 Å². The van der Waals surface area contributed by atoms with Crippen molar-refractivity contribution in [2.75, 3.05) is 6.61 Å². The van der Waals surface area contributed by atoms with E-state index in [9.17, 15) is 4.79 Å². The van der Waals surface area contributed by atoms with Crippen molar-refractivity contribution < 1.29 is 14.3 Å². The fraction of sp³-hybridized carbons (Fsp3) is 0.0556. The van der Waals surface area contributed by atoms with Crippen molar-refractivity contribution in [1.82, 2.24) is 0 Å². The van der Waals surface area contributed by atoms with E-state index in [1.807, 2.05) is 30.3 Å². The molecule has 0 saturated carbocycles. The monoisotopic (exact) mass is 356 g/mol. The van der Waals surface area contributed by atoms with Gasteiger partial charge in [0.05, 0.1) is 5.56 Å². The molecule has 0 aliphatic carbocycles. The number of halogens is 1. The van der Waals surface area contributed by atoms with E-state index in [1.165, 1.54) is 0 Å². The molecule has 4 heteroatoms. The summed E-state index contributed by atoms with van der Waals surface area (Å²) in [5.41, 5.74) is 1.45. The van der Waals surface area contributed by atoms with Crippen LogP contribution in [0.5, 0.6) is 11.5 Å². The van der Waals surface area contributed by atoms with E-state index in [0.29, 0.717) is 23.7 Å². The largest absolute Gasteiger partial charge is 0.490 e. The van der Waals surface area contributed by atoms with Gasteiger partial charge in [-0.25, -0.2) is 0 Å². The Morgan fingerprint density at radius 3 is 2.68 bits per heavy atom. The average Bonchev–Trinajstić information content (AvgIpc) is 2.83. The Labute approximate surface area is 137 Å². The Balaban J connectivity index is 1.82. The lowest BCUT2D eigenvalue weighted by molar-refractivity contribution is 0.101. The summed E-state index contributed by atoms with van der Waals surface area (Å²) < 4.78 is 11.9. The molecule has 1 aliphatic rings. The highest BCUT2D eigenvalue weighted by atomic mass is 79.9. The van der Waals surface area contributed by atoms with Crippen molar-refractivity contribution in [2.24, 2.45) is 0 Å².